The third kappa shape index (κ3) is 12.8. The Morgan fingerprint density at radius 3 is 1.44 bits per heavy atom. The first-order valence-corrected chi connectivity index (χ1v) is 10.6. The first kappa shape index (κ1) is 21.9. The summed E-state index contributed by atoms with van der Waals surface area (Å²) in [6.45, 7) is 4.63. The van der Waals surface area contributed by atoms with Crippen LogP contribution in [0, 0.1) is 5.92 Å². The second-order valence-electron chi connectivity index (χ2n) is 8.03. The first-order valence-electron chi connectivity index (χ1n) is 10.6. The Balaban J connectivity index is 1.83. The summed E-state index contributed by atoms with van der Waals surface area (Å²) >= 11 is 0. The van der Waals surface area contributed by atoms with E-state index in [4.69, 9.17) is 0 Å². The lowest BCUT2D eigenvalue weighted by Gasteiger charge is -2.05. The van der Waals surface area contributed by atoms with E-state index in [1.165, 1.54) is 83.1 Å². The quantitative estimate of drug-likeness (QED) is 0.325. The minimum absolute atomic E-state index is 0.162. The van der Waals surface area contributed by atoms with Crippen molar-refractivity contribution in [2.24, 2.45) is 5.92 Å². The number of phenolic OH excluding ortho intramolecular Hbond substituents is 2. The molecule has 0 unspecified atom stereocenters. The van der Waals surface area contributed by atoms with Crippen LogP contribution in [-0.4, -0.2) is 10.2 Å². The molecule has 0 aliphatic carbocycles. The molecule has 0 spiro atoms. The van der Waals surface area contributed by atoms with E-state index in [9.17, 15) is 10.2 Å². The Bertz CT molecular complexity index is 419. The van der Waals surface area contributed by atoms with Gasteiger partial charge in [0.2, 0.25) is 0 Å². The number of unbranched alkanes of at least 4 members (excludes halogenated alkanes) is 11. The minimum atomic E-state index is 0.162. The summed E-state index contributed by atoms with van der Waals surface area (Å²) in [5.74, 6) is 1.19. The zero-order chi connectivity index (χ0) is 18.3. The highest BCUT2D eigenvalue weighted by Crippen LogP contribution is 2.22. The molecule has 1 aromatic rings. The molecule has 2 heteroatoms. The van der Waals surface area contributed by atoms with E-state index in [2.05, 4.69) is 13.8 Å². The van der Waals surface area contributed by atoms with Gasteiger partial charge in [0, 0.05) is 6.07 Å². The van der Waals surface area contributed by atoms with Gasteiger partial charge >= 0.3 is 0 Å². The standard InChI is InChI=1S/C23H40O2/c1-20(2)15-13-11-9-7-5-3-4-6-8-10-12-14-16-21-17-22(24)19-23(25)18-21/h17-20,24-25H,3-16H2,1-2H3. The molecule has 25 heavy (non-hydrogen) atoms. The molecule has 0 aliphatic heterocycles. The van der Waals surface area contributed by atoms with E-state index in [0.29, 0.717) is 0 Å². The summed E-state index contributed by atoms with van der Waals surface area (Å²) in [6.07, 6.45) is 18.7. The number of benzene rings is 1. The predicted octanol–water partition coefficient (Wildman–Crippen LogP) is 7.37. The summed E-state index contributed by atoms with van der Waals surface area (Å²) in [4.78, 5) is 0. The summed E-state index contributed by atoms with van der Waals surface area (Å²) in [5.41, 5.74) is 1.03. The molecule has 0 atom stereocenters. The maximum absolute atomic E-state index is 9.46. The largest absolute Gasteiger partial charge is 0.508 e. The molecule has 0 aliphatic rings. The van der Waals surface area contributed by atoms with Crippen LogP contribution < -0.4 is 0 Å². The monoisotopic (exact) mass is 348 g/mol. The highest BCUT2D eigenvalue weighted by Gasteiger charge is 2.00. The van der Waals surface area contributed by atoms with Crippen LogP contribution in [0.25, 0.3) is 0 Å². The van der Waals surface area contributed by atoms with Gasteiger partial charge < -0.3 is 10.2 Å². The van der Waals surface area contributed by atoms with E-state index in [1.54, 1.807) is 12.1 Å². The van der Waals surface area contributed by atoms with Crippen LogP contribution in [0.4, 0.5) is 0 Å². The van der Waals surface area contributed by atoms with Gasteiger partial charge in [0.25, 0.3) is 0 Å². The zero-order valence-corrected chi connectivity index (χ0v) is 16.6. The fourth-order valence-electron chi connectivity index (χ4n) is 3.45. The van der Waals surface area contributed by atoms with E-state index in [-0.39, 0.29) is 11.5 Å². The van der Waals surface area contributed by atoms with Crippen LogP contribution in [0.15, 0.2) is 18.2 Å². The molecule has 0 amide bonds. The number of phenols is 2. The predicted molar refractivity (Wildman–Crippen MR) is 108 cm³/mol. The molecule has 2 nitrogen and oxygen atoms in total. The molecule has 0 bridgehead atoms. The second kappa shape index (κ2) is 14.0. The smallest absolute Gasteiger partial charge is 0.119 e. The maximum atomic E-state index is 9.46. The molecular formula is C23H40O2. The Morgan fingerprint density at radius 2 is 1.00 bits per heavy atom. The van der Waals surface area contributed by atoms with Crippen molar-refractivity contribution in [1.29, 1.82) is 0 Å². The SMILES string of the molecule is CC(C)CCCCCCCCCCCCCCc1cc(O)cc(O)c1. The number of aryl methyl sites for hydroxylation is 1. The fourth-order valence-corrected chi connectivity index (χ4v) is 3.45. The fraction of sp³-hybridized carbons (Fsp3) is 0.739. The Kier molecular flexibility index (Phi) is 12.3. The molecule has 0 saturated carbocycles. The lowest BCUT2D eigenvalue weighted by molar-refractivity contribution is 0.449. The van der Waals surface area contributed by atoms with Gasteiger partial charge in [-0.05, 0) is 36.5 Å². The van der Waals surface area contributed by atoms with Gasteiger partial charge in [-0.15, -0.1) is 0 Å². The van der Waals surface area contributed by atoms with Crippen LogP contribution in [-0.2, 0) is 6.42 Å². The number of rotatable bonds is 15. The van der Waals surface area contributed by atoms with E-state index < -0.39 is 0 Å². The second-order valence-corrected chi connectivity index (χ2v) is 8.03. The van der Waals surface area contributed by atoms with Crippen LogP contribution in [0.2, 0.25) is 0 Å². The molecule has 2 N–H and O–H groups in total. The van der Waals surface area contributed by atoms with Crippen LogP contribution >= 0.6 is 0 Å². The van der Waals surface area contributed by atoms with Crippen molar-refractivity contribution in [3.8, 4) is 11.5 Å². The Hall–Kier alpha value is -1.18. The van der Waals surface area contributed by atoms with Crippen molar-refractivity contribution in [1.82, 2.24) is 0 Å². The van der Waals surface area contributed by atoms with Crippen LogP contribution in [0.5, 0.6) is 11.5 Å². The number of aromatic hydroxyl groups is 2. The molecule has 144 valence electrons. The van der Waals surface area contributed by atoms with Gasteiger partial charge in [-0.2, -0.15) is 0 Å². The first-order chi connectivity index (χ1) is 12.1. The highest BCUT2D eigenvalue weighted by molar-refractivity contribution is 5.36. The third-order valence-electron chi connectivity index (χ3n) is 4.96. The molecule has 1 aromatic carbocycles. The maximum Gasteiger partial charge on any atom is 0.119 e. The zero-order valence-electron chi connectivity index (χ0n) is 16.6. The van der Waals surface area contributed by atoms with E-state index in [1.807, 2.05) is 0 Å². The van der Waals surface area contributed by atoms with Crippen molar-refractivity contribution in [2.45, 2.75) is 104 Å². The number of hydrogen-bond acceptors (Lipinski definition) is 2. The van der Waals surface area contributed by atoms with Gasteiger partial charge in [-0.1, -0.05) is 90.9 Å². The van der Waals surface area contributed by atoms with Crippen LogP contribution in [0.1, 0.15) is 103 Å². The Morgan fingerprint density at radius 1 is 0.600 bits per heavy atom. The van der Waals surface area contributed by atoms with Crippen molar-refractivity contribution >= 4 is 0 Å². The summed E-state index contributed by atoms with van der Waals surface area (Å²) < 4.78 is 0. The average Bonchev–Trinajstić information content (AvgIpc) is 2.54. The molecular weight excluding hydrogens is 308 g/mol. The van der Waals surface area contributed by atoms with Crippen molar-refractivity contribution < 1.29 is 10.2 Å². The van der Waals surface area contributed by atoms with Gasteiger partial charge in [0.05, 0.1) is 0 Å². The van der Waals surface area contributed by atoms with E-state index in [0.717, 1.165) is 24.3 Å². The Labute approximate surface area is 155 Å². The highest BCUT2D eigenvalue weighted by atomic mass is 16.3. The number of hydrogen-bond donors (Lipinski definition) is 2. The molecule has 0 radical (unpaired) electrons. The molecule has 0 saturated heterocycles. The van der Waals surface area contributed by atoms with Gasteiger partial charge in [-0.3, -0.25) is 0 Å². The molecule has 0 heterocycles. The lowest BCUT2D eigenvalue weighted by Crippen LogP contribution is -1.88. The summed E-state index contributed by atoms with van der Waals surface area (Å²) in [5, 5.41) is 18.9. The van der Waals surface area contributed by atoms with Crippen LogP contribution in [0.3, 0.4) is 0 Å². The van der Waals surface area contributed by atoms with Crippen molar-refractivity contribution in [2.75, 3.05) is 0 Å². The topological polar surface area (TPSA) is 40.5 Å². The normalized spacial score (nSPS) is 11.3. The summed E-state index contributed by atoms with van der Waals surface area (Å²) in [7, 11) is 0. The molecule has 0 aromatic heterocycles. The van der Waals surface area contributed by atoms with Crippen molar-refractivity contribution in [3.05, 3.63) is 23.8 Å². The lowest BCUT2D eigenvalue weighted by atomic mass is 10.0. The minimum Gasteiger partial charge on any atom is -0.508 e. The third-order valence-corrected chi connectivity index (χ3v) is 4.96. The molecule has 0 fully saturated rings. The summed E-state index contributed by atoms with van der Waals surface area (Å²) in [6, 6.07) is 4.89. The average molecular weight is 349 g/mol. The van der Waals surface area contributed by atoms with Gasteiger partial charge in [0.1, 0.15) is 11.5 Å². The van der Waals surface area contributed by atoms with E-state index >= 15 is 0 Å². The van der Waals surface area contributed by atoms with Crippen molar-refractivity contribution in [3.63, 3.8) is 0 Å². The van der Waals surface area contributed by atoms with Gasteiger partial charge in [-0.25, -0.2) is 0 Å². The molecule has 1 rings (SSSR count). The van der Waals surface area contributed by atoms with Gasteiger partial charge in [0.15, 0.2) is 0 Å².